The van der Waals surface area contributed by atoms with Crippen LogP contribution in [0.15, 0.2) is 16.2 Å². The molecule has 0 fully saturated rings. The highest BCUT2D eigenvalue weighted by molar-refractivity contribution is 6.32. The average Bonchev–Trinajstić information content (AvgIpc) is 1.80. The molecule has 0 aromatic carbocycles. The summed E-state index contributed by atoms with van der Waals surface area (Å²) in [5.74, 6) is 0. The summed E-state index contributed by atoms with van der Waals surface area (Å²) in [6.45, 7) is 0. The highest BCUT2D eigenvalue weighted by Gasteiger charge is 2.13. The Bertz CT molecular complexity index is 164. The van der Waals surface area contributed by atoms with E-state index in [1.165, 1.54) is 0 Å². The molecule has 2 N–H and O–H groups in total. The standard InChI is InChI=1S/C5H6Cl2N2/c6-3-1-5(7)9-2-4(3)8/h1-4H,8H2. The van der Waals surface area contributed by atoms with Gasteiger partial charge in [0.25, 0.3) is 0 Å². The van der Waals surface area contributed by atoms with Crippen molar-refractivity contribution >= 4 is 29.4 Å². The van der Waals surface area contributed by atoms with Gasteiger partial charge < -0.3 is 5.73 Å². The van der Waals surface area contributed by atoms with Crippen LogP contribution in [0, 0.1) is 0 Å². The molecule has 0 aliphatic carbocycles. The molecule has 0 saturated carbocycles. The zero-order valence-corrected chi connectivity index (χ0v) is 6.10. The highest BCUT2D eigenvalue weighted by Crippen LogP contribution is 2.14. The van der Waals surface area contributed by atoms with Crippen LogP contribution < -0.4 is 5.73 Å². The van der Waals surface area contributed by atoms with E-state index in [2.05, 4.69) is 4.99 Å². The van der Waals surface area contributed by atoms with Crippen molar-refractivity contribution in [3.8, 4) is 0 Å². The van der Waals surface area contributed by atoms with E-state index < -0.39 is 0 Å². The first kappa shape index (κ1) is 7.06. The summed E-state index contributed by atoms with van der Waals surface area (Å²) < 4.78 is 0. The highest BCUT2D eigenvalue weighted by atomic mass is 35.5. The topological polar surface area (TPSA) is 38.4 Å². The van der Waals surface area contributed by atoms with Gasteiger partial charge in [-0.05, 0) is 6.08 Å². The van der Waals surface area contributed by atoms with Crippen LogP contribution in [0.2, 0.25) is 0 Å². The van der Waals surface area contributed by atoms with E-state index in [0.29, 0.717) is 5.16 Å². The molecule has 0 aromatic rings. The maximum atomic E-state index is 5.68. The number of nitrogens with two attached hydrogens (primary N) is 1. The van der Waals surface area contributed by atoms with Crippen molar-refractivity contribution < 1.29 is 0 Å². The van der Waals surface area contributed by atoms with Crippen molar-refractivity contribution in [2.75, 3.05) is 0 Å². The normalized spacial score (nSPS) is 34.3. The molecule has 9 heavy (non-hydrogen) atoms. The van der Waals surface area contributed by atoms with Gasteiger partial charge in [-0.2, -0.15) is 0 Å². The molecule has 2 nitrogen and oxygen atoms in total. The van der Waals surface area contributed by atoms with E-state index in [9.17, 15) is 0 Å². The van der Waals surface area contributed by atoms with Crippen molar-refractivity contribution in [3.05, 3.63) is 11.2 Å². The van der Waals surface area contributed by atoms with Gasteiger partial charge in [0, 0.05) is 6.21 Å². The van der Waals surface area contributed by atoms with Crippen LogP contribution in [0.3, 0.4) is 0 Å². The Kier molecular flexibility index (Phi) is 2.11. The molecular weight excluding hydrogens is 159 g/mol. The van der Waals surface area contributed by atoms with Crippen LogP contribution in [0.25, 0.3) is 0 Å². The maximum absolute atomic E-state index is 5.68. The van der Waals surface area contributed by atoms with Crippen molar-refractivity contribution in [1.29, 1.82) is 0 Å². The average molecular weight is 165 g/mol. The third-order valence-corrected chi connectivity index (χ3v) is 1.67. The van der Waals surface area contributed by atoms with Gasteiger partial charge in [0.2, 0.25) is 0 Å². The van der Waals surface area contributed by atoms with Crippen molar-refractivity contribution in [2.24, 2.45) is 10.7 Å². The molecule has 0 aromatic heterocycles. The van der Waals surface area contributed by atoms with E-state index in [1.807, 2.05) is 0 Å². The van der Waals surface area contributed by atoms with Crippen molar-refractivity contribution in [1.82, 2.24) is 0 Å². The second-order valence-corrected chi connectivity index (χ2v) is 2.68. The molecule has 0 amide bonds. The largest absolute Gasteiger partial charge is 0.322 e. The minimum Gasteiger partial charge on any atom is -0.322 e. The molecule has 50 valence electrons. The molecule has 0 bridgehead atoms. The molecule has 0 saturated heterocycles. The molecule has 1 heterocycles. The summed E-state index contributed by atoms with van der Waals surface area (Å²) in [5, 5.41) is 0.201. The quantitative estimate of drug-likeness (QED) is 0.423. The van der Waals surface area contributed by atoms with Crippen LogP contribution in [0.4, 0.5) is 0 Å². The van der Waals surface area contributed by atoms with Gasteiger partial charge in [0.1, 0.15) is 5.16 Å². The Hall–Kier alpha value is -0.0500. The smallest absolute Gasteiger partial charge is 0.126 e. The minimum absolute atomic E-state index is 0.200. The summed E-state index contributed by atoms with van der Waals surface area (Å²) in [6, 6.07) is -0.200. The molecule has 1 aliphatic heterocycles. The Morgan fingerprint density at radius 3 is 2.78 bits per heavy atom. The van der Waals surface area contributed by atoms with Gasteiger partial charge in [-0.1, -0.05) is 11.6 Å². The molecule has 1 aliphatic rings. The van der Waals surface area contributed by atoms with E-state index in [-0.39, 0.29) is 11.4 Å². The molecule has 0 radical (unpaired) electrons. The van der Waals surface area contributed by atoms with E-state index in [1.54, 1.807) is 12.3 Å². The number of alkyl halides is 1. The third kappa shape index (κ3) is 1.68. The Balaban J connectivity index is 2.70. The third-order valence-electron chi connectivity index (χ3n) is 1.03. The fourth-order valence-electron chi connectivity index (χ4n) is 0.525. The summed E-state index contributed by atoms with van der Waals surface area (Å²) in [6.07, 6.45) is 3.16. The van der Waals surface area contributed by atoms with Crippen molar-refractivity contribution in [2.45, 2.75) is 11.4 Å². The summed E-state index contributed by atoms with van der Waals surface area (Å²) in [5.41, 5.74) is 5.46. The number of hydrogen-bond acceptors (Lipinski definition) is 2. The molecule has 0 spiro atoms. The predicted octanol–water partition coefficient (Wildman–Crippen LogP) is 1.09. The second-order valence-electron chi connectivity index (χ2n) is 1.79. The SMILES string of the molecule is NC1C=NC(Cl)=CC1Cl. The first-order chi connectivity index (χ1) is 4.20. The van der Waals surface area contributed by atoms with Gasteiger partial charge in [-0.3, -0.25) is 0 Å². The fourth-order valence-corrected chi connectivity index (χ4v) is 0.966. The van der Waals surface area contributed by atoms with Crippen LogP contribution in [-0.2, 0) is 0 Å². The van der Waals surface area contributed by atoms with E-state index in [4.69, 9.17) is 28.9 Å². The number of rotatable bonds is 0. The number of halogens is 2. The van der Waals surface area contributed by atoms with E-state index >= 15 is 0 Å². The minimum atomic E-state index is -0.213. The van der Waals surface area contributed by atoms with Gasteiger partial charge in [0.15, 0.2) is 0 Å². The monoisotopic (exact) mass is 164 g/mol. The van der Waals surface area contributed by atoms with E-state index in [0.717, 1.165) is 0 Å². The van der Waals surface area contributed by atoms with Crippen molar-refractivity contribution in [3.63, 3.8) is 0 Å². The second kappa shape index (κ2) is 2.69. The predicted molar refractivity (Wildman–Crippen MR) is 40.0 cm³/mol. The molecule has 1 rings (SSSR count). The number of nitrogens with zero attached hydrogens (tertiary/aromatic N) is 1. The van der Waals surface area contributed by atoms with Gasteiger partial charge in [0.05, 0.1) is 11.4 Å². The summed E-state index contributed by atoms with van der Waals surface area (Å²) in [4.78, 5) is 3.75. The fraction of sp³-hybridized carbons (Fsp3) is 0.400. The Morgan fingerprint density at radius 1 is 1.67 bits per heavy atom. The first-order valence-corrected chi connectivity index (χ1v) is 3.33. The van der Waals surface area contributed by atoms with Crippen LogP contribution in [0.5, 0.6) is 0 Å². The Morgan fingerprint density at radius 2 is 2.33 bits per heavy atom. The maximum Gasteiger partial charge on any atom is 0.126 e. The lowest BCUT2D eigenvalue weighted by molar-refractivity contribution is 0.882. The first-order valence-electron chi connectivity index (χ1n) is 2.51. The summed E-state index contributed by atoms with van der Waals surface area (Å²) in [7, 11) is 0. The lowest BCUT2D eigenvalue weighted by Crippen LogP contribution is -2.32. The van der Waals surface area contributed by atoms with Crippen LogP contribution >= 0.6 is 23.2 Å². The number of aliphatic imine (C=N–C) groups is 1. The van der Waals surface area contributed by atoms with Gasteiger partial charge in [-0.15, -0.1) is 11.6 Å². The summed E-state index contributed by atoms with van der Waals surface area (Å²) >= 11 is 11.2. The molecular formula is C5H6Cl2N2. The van der Waals surface area contributed by atoms with Crippen LogP contribution in [-0.4, -0.2) is 17.6 Å². The lowest BCUT2D eigenvalue weighted by atomic mass is 10.2. The molecule has 2 unspecified atom stereocenters. The molecule has 4 heteroatoms. The number of hydrogen-bond donors (Lipinski definition) is 1. The molecule has 2 atom stereocenters. The lowest BCUT2D eigenvalue weighted by Gasteiger charge is -2.12. The van der Waals surface area contributed by atoms with Gasteiger partial charge in [-0.25, -0.2) is 4.99 Å². The Labute approximate surface area is 63.3 Å². The zero-order valence-electron chi connectivity index (χ0n) is 4.59. The zero-order chi connectivity index (χ0) is 6.85. The van der Waals surface area contributed by atoms with Gasteiger partial charge >= 0.3 is 0 Å². The van der Waals surface area contributed by atoms with Crippen LogP contribution in [0.1, 0.15) is 0 Å².